The topological polar surface area (TPSA) is 74.8 Å². The van der Waals surface area contributed by atoms with Crippen molar-refractivity contribution in [3.8, 4) is 0 Å². The van der Waals surface area contributed by atoms with E-state index in [0.29, 0.717) is 30.8 Å². The Kier molecular flexibility index (Phi) is 6.05. The van der Waals surface area contributed by atoms with Crippen LogP contribution in [0.3, 0.4) is 0 Å². The summed E-state index contributed by atoms with van der Waals surface area (Å²) in [7, 11) is 0. The van der Waals surface area contributed by atoms with Crippen molar-refractivity contribution in [1.29, 1.82) is 0 Å². The van der Waals surface area contributed by atoms with Gasteiger partial charge < -0.3 is 19.9 Å². The molecule has 3 heterocycles. The fourth-order valence-electron chi connectivity index (χ4n) is 3.77. The highest BCUT2D eigenvalue weighted by molar-refractivity contribution is 5.99. The summed E-state index contributed by atoms with van der Waals surface area (Å²) in [6.07, 6.45) is 3.89. The van der Waals surface area contributed by atoms with Gasteiger partial charge in [-0.1, -0.05) is 12.1 Å². The summed E-state index contributed by atoms with van der Waals surface area (Å²) >= 11 is 0. The van der Waals surface area contributed by atoms with Crippen LogP contribution >= 0.6 is 0 Å². The number of pyridine rings is 1. The molecule has 4 rings (SSSR count). The molecule has 152 valence electrons. The molecule has 1 aromatic heterocycles. The van der Waals surface area contributed by atoms with E-state index in [0.717, 1.165) is 38.4 Å². The molecule has 0 bridgehead atoms. The van der Waals surface area contributed by atoms with Gasteiger partial charge in [-0.15, -0.1) is 0 Å². The number of benzene rings is 1. The summed E-state index contributed by atoms with van der Waals surface area (Å²) in [5.41, 5.74) is 1.04. The Balaban J connectivity index is 1.34. The third-order valence-electron chi connectivity index (χ3n) is 5.43. The number of amides is 2. The number of rotatable bonds is 5. The Morgan fingerprint density at radius 2 is 1.90 bits per heavy atom. The Hall–Kier alpha value is -2.93. The Morgan fingerprint density at radius 1 is 1.07 bits per heavy atom. The average Bonchev–Trinajstić information content (AvgIpc) is 3.31. The third kappa shape index (κ3) is 4.74. The standard InChI is InChI=1S/C22H26N4O3/c27-21(24-16-19-7-4-14-29-19)17-5-3-6-18(15-17)22(28)26-12-10-25(11-13-26)20-8-1-2-9-23-20/h1-3,5-6,8-9,15,19H,4,7,10-14,16H2,(H,24,27). The van der Waals surface area contributed by atoms with Gasteiger partial charge in [0.25, 0.3) is 11.8 Å². The van der Waals surface area contributed by atoms with Crippen LogP contribution in [0.5, 0.6) is 0 Å². The van der Waals surface area contributed by atoms with Crippen molar-refractivity contribution in [1.82, 2.24) is 15.2 Å². The molecule has 2 aromatic rings. The van der Waals surface area contributed by atoms with Crippen molar-refractivity contribution in [2.75, 3.05) is 44.2 Å². The van der Waals surface area contributed by atoms with Crippen LogP contribution in [0.4, 0.5) is 5.82 Å². The van der Waals surface area contributed by atoms with Crippen LogP contribution in [0.2, 0.25) is 0 Å². The number of anilines is 1. The SMILES string of the molecule is O=C(NCC1CCCO1)c1cccc(C(=O)N2CCN(c3ccccn3)CC2)c1. The fraction of sp³-hybridized carbons (Fsp3) is 0.409. The zero-order valence-electron chi connectivity index (χ0n) is 16.4. The summed E-state index contributed by atoms with van der Waals surface area (Å²) in [4.78, 5) is 33.8. The van der Waals surface area contributed by atoms with Crippen LogP contribution in [0.25, 0.3) is 0 Å². The molecule has 29 heavy (non-hydrogen) atoms. The van der Waals surface area contributed by atoms with Crippen molar-refractivity contribution in [2.45, 2.75) is 18.9 Å². The summed E-state index contributed by atoms with van der Waals surface area (Å²) in [6.45, 7) is 4.01. The van der Waals surface area contributed by atoms with E-state index < -0.39 is 0 Å². The maximum Gasteiger partial charge on any atom is 0.253 e. The van der Waals surface area contributed by atoms with Crippen molar-refractivity contribution in [3.05, 3.63) is 59.8 Å². The fourth-order valence-corrected chi connectivity index (χ4v) is 3.77. The lowest BCUT2D eigenvalue weighted by Gasteiger charge is -2.35. The minimum Gasteiger partial charge on any atom is -0.376 e. The average molecular weight is 394 g/mol. The third-order valence-corrected chi connectivity index (χ3v) is 5.43. The number of carbonyl (C=O) groups excluding carboxylic acids is 2. The number of aromatic nitrogens is 1. The van der Waals surface area contributed by atoms with Crippen molar-refractivity contribution in [2.24, 2.45) is 0 Å². The van der Waals surface area contributed by atoms with Gasteiger partial charge in [-0.25, -0.2) is 4.98 Å². The molecule has 7 nitrogen and oxygen atoms in total. The quantitative estimate of drug-likeness (QED) is 0.839. The van der Waals surface area contributed by atoms with Crippen molar-refractivity contribution in [3.63, 3.8) is 0 Å². The van der Waals surface area contributed by atoms with E-state index in [9.17, 15) is 9.59 Å². The molecule has 2 aliphatic heterocycles. The summed E-state index contributed by atoms with van der Waals surface area (Å²) in [5, 5.41) is 2.91. The summed E-state index contributed by atoms with van der Waals surface area (Å²) < 4.78 is 5.54. The molecule has 1 atom stereocenters. The van der Waals surface area contributed by atoms with Crippen LogP contribution in [-0.2, 0) is 4.74 Å². The molecule has 0 aliphatic carbocycles. The van der Waals surface area contributed by atoms with E-state index in [1.807, 2.05) is 23.1 Å². The first kappa shape index (κ1) is 19.4. The highest BCUT2D eigenvalue weighted by Gasteiger charge is 2.23. The molecule has 1 N–H and O–H groups in total. The molecule has 2 fully saturated rings. The zero-order chi connectivity index (χ0) is 20.1. The smallest absolute Gasteiger partial charge is 0.253 e. The molecule has 0 radical (unpaired) electrons. The Morgan fingerprint density at radius 3 is 2.62 bits per heavy atom. The van der Waals surface area contributed by atoms with Crippen molar-refractivity contribution < 1.29 is 14.3 Å². The molecule has 0 spiro atoms. The summed E-state index contributed by atoms with van der Waals surface area (Å²) in [6, 6.07) is 12.8. The van der Waals surface area contributed by atoms with E-state index in [1.165, 1.54) is 0 Å². The lowest BCUT2D eigenvalue weighted by Crippen LogP contribution is -2.49. The molecule has 2 aliphatic rings. The van der Waals surface area contributed by atoms with E-state index in [4.69, 9.17) is 4.74 Å². The number of nitrogens with one attached hydrogen (secondary N) is 1. The molecule has 0 saturated carbocycles. The van der Waals surface area contributed by atoms with Gasteiger partial charge in [0.05, 0.1) is 6.10 Å². The van der Waals surface area contributed by atoms with Crippen LogP contribution in [0.15, 0.2) is 48.7 Å². The highest BCUT2D eigenvalue weighted by Crippen LogP contribution is 2.16. The van der Waals surface area contributed by atoms with Crippen LogP contribution < -0.4 is 10.2 Å². The van der Waals surface area contributed by atoms with Gasteiger partial charge in [-0.3, -0.25) is 9.59 Å². The molecular weight excluding hydrogens is 368 g/mol. The monoisotopic (exact) mass is 394 g/mol. The number of hydrogen-bond donors (Lipinski definition) is 1. The Labute approximate surface area is 170 Å². The van der Waals surface area contributed by atoms with E-state index in [-0.39, 0.29) is 17.9 Å². The minimum absolute atomic E-state index is 0.0422. The molecule has 2 saturated heterocycles. The normalized spacial score (nSPS) is 19.2. The largest absolute Gasteiger partial charge is 0.376 e. The molecule has 1 unspecified atom stereocenters. The maximum atomic E-state index is 12.9. The lowest BCUT2D eigenvalue weighted by atomic mass is 10.1. The van der Waals surface area contributed by atoms with Crippen molar-refractivity contribution >= 4 is 17.6 Å². The Bertz CT molecular complexity index is 844. The van der Waals surface area contributed by atoms with E-state index in [2.05, 4.69) is 15.2 Å². The second-order valence-electron chi connectivity index (χ2n) is 7.39. The van der Waals surface area contributed by atoms with Gasteiger partial charge >= 0.3 is 0 Å². The first-order valence-electron chi connectivity index (χ1n) is 10.2. The first-order valence-corrected chi connectivity index (χ1v) is 10.2. The van der Waals surface area contributed by atoms with Gasteiger partial charge in [-0.2, -0.15) is 0 Å². The zero-order valence-corrected chi connectivity index (χ0v) is 16.4. The molecule has 7 heteroatoms. The van der Waals surface area contributed by atoms with Crippen LogP contribution in [0.1, 0.15) is 33.6 Å². The van der Waals surface area contributed by atoms with Gasteiger partial charge in [-0.05, 0) is 43.2 Å². The minimum atomic E-state index is -0.171. The first-order chi connectivity index (χ1) is 14.2. The summed E-state index contributed by atoms with van der Waals surface area (Å²) in [5.74, 6) is 0.721. The molecular formula is C22H26N4O3. The lowest BCUT2D eigenvalue weighted by molar-refractivity contribution is 0.0746. The maximum absolute atomic E-state index is 12.9. The number of hydrogen-bond acceptors (Lipinski definition) is 5. The molecule has 2 amide bonds. The number of carbonyl (C=O) groups is 2. The van der Waals surface area contributed by atoms with Crippen LogP contribution in [-0.4, -0.2) is 67.1 Å². The van der Waals surface area contributed by atoms with Crippen LogP contribution in [0, 0.1) is 0 Å². The second-order valence-corrected chi connectivity index (χ2v) is 7.39. The van der Waals surface area contributed by atoms with Gasteiger partial charge in [0.15, 0.2) is 0 Å². The van der Waals surface area contributed by atoms with E-state index >= 15 is 0 Å². The molecule has 1 aromatic carbocycles. The second kappa shape index (κ2) is 9.05. The van der Waals surface area contributed by atoms with Gasteiger partial charge in [0.1, 0.15) is 5.82 Å². The predicted molar refractivity (Wildman–Crippen MR) is 110 cm³/mol. The number of ether oxygens (including phenoxy) is 1. The predicted octanol–water partition coefficient (Wildman–Crippen LogP) is 1.95. The number of piperazine rings is 1. The van der Waals surface area contributed by atoms with Gasteiger partial charge in [0, 0.05) is 56.7 Å². The van der Waals surface area contributed by atoms with Gasteiger partial charge in [0.2, 0.25) is 0 Å². The van der Waals surface area contributed by atoms with E-state index in [1.54, 1.807) is 30.5 Å². The highest BCUT2D eigenvalue weighted by atomic mass is 16.5. The number of nitrogens with zero attached hydrogens (tertiary/aromatic N) is 3.